The number of rotatable bonds is 8. The first-order valence-corrected chi connectivity index (χ1v) is 13.9. The Morgan fingerprint density at radius 1 is 1.18 bits per heavy atom. The summed E-state index contributed by atoms with van der Waals surface area (Å²) < 4.78 is 5.31. The van der Waals surface area contributed by atoms with E-state index < -0.39 is 17.7 Å². The number of aromatic nitrogens is 1. The molecule has 5 rings (SSSR count). The molecule has 1 saturated carbocycles. The van der Waals surface area contributed by atoms with Crippen LogP contribution in [0.4, 0.5) is 4.79 Å². The van der Waals surface area contributed by atoms with E-state index in [4.69, 9.17) is 9.57 Å². The van der Waals surface area contributed by atoms with Crippen molar-refractivity contribution in [1.82, 2.24) is 25.6 Å². The molecule has 10 heteroatoms. The molecule has 3 fully saturated rings. The van der Waals surface area contributed by atoms with E-state index in [1.54, 1.807) is 5.06 Å². The van der Waals surface area contributed by atoms with Gasteiger partial charge in [0.15, 0.2) is 0 Å². The van der Waals surface area contributed by atoms with Crippen LogP contribution in [0.3, 0.4) is 0 Å². The molecule has 1 aliphatic carbocycles. The van der Waals surface area contributed by atoms with Crippen LogP contribution in [0.1, 0.15) is 50.5 Å². The van der Waals surface area contributed by atoms with E-state index in [0.29, 0.717) is 64.7 Å². The van der Waals surface area contributed by atoms with Gasteiger partial charge in [0, 0.05) is 36.7 Å². The summed E-state index contributed by atoms with van der Waals surface area (Å²) in [5.74, 6) is 0.0492. The molecule has 2 unspecified atom stereocenters. The Morgan fingerprint density at radius 2 is 1.97 bits per heavy atom. The number of benzene rings is 1. The van der Waals surface area contributed by atoms with Gasteiger partial charge in [-0.1, -0.05) is 50.3 Å². The van der Waals surface area contributed by atoms with Crippen molar-refractivity contribution in [3.05, 3.63) is 36.0 Å². The van der Waals surface area contributed by atoms with Gasteiger partial charge in [0.05, 0.1) is 32.4 Å². The maximum Gasteiger partial charge on any atom is 0.426 e. The first kappa shape index (κ1) is 26.5. The molecule has 1 aromatic carbocycles. The number of fused-ring (bicyclic) bond motifs is 1. The number of carbonyl (C=O) groups excluding carboxylic acids is 2. The minimum absolute atomic E-state index is 0.315. The molecule has 0 spiro atoms. The molecule has 204 valence electrons. The summed E-state index contributed by atoms with van der Waals surface area (Å²) in [6.45, 7) is 3.82. The van der Waals surface area contributed by atoms with Crippen molar-refractivity contribution in [2.75, 3.05) is 39.4 Å². The fourth-order valence-electron chi connectivity index (χ4n) is 5.98. The molecule has 2 aliphatic heterocycles. The molecule has 2 aromatic rings. The van der Waals surface area contributed by atoms with Gasteiger partial charge in [0.2, 0.25) is 5.91 Å². The molecular formula is C28H38N6O4. The topological polar surface area (TPSA) is 123 Å². The Labute approximate surface area is 223 Å². The van der Waals surface area contributed by atoms with E-state index in [0.717, 1.165) is 31.2 Å². The fraction of sp³-hybridized carbons (Fsp3) is 0.607. The summed E-state index contributed by atoms with van der Waals surface area (Å²) in [6.07, 6.45) is 8.04. The number of nitriles is 1. The second kappa shape index (κ2) is 12.2. The minimum Gasteiger partial charge on any atom is -0.379 e. The minimum atomic E-state index is -0.996. The number of carbonyl (C=O) groups is 2. The first-order chi connectivity index (χ1) is 18.5. The third-order valence-corrected chi connectivity index (χ3v) is 8.08. The van der Waals surface area contributed by atoms with Gasteiger partial charge in [-0.3, -0.25) is 9.69 Å². The predicted octanol–water partition coefficient (Wildman–Crippen LogP) is 3.06. The second-order valence-electron chi connectivity index (χ2n) is 10.9. The number of hydroxylamine groups is 2. The van der Waals surface area contributed by atoms with Crippen LogP contribution >= 0.6 is 0 Å². The zero-order valence-electron chi connectivity index (χ0n) is 21.9. The Morgan fingerprint density at radius 3 is 2.76 bits per heavy atom. The van der Waals surface area contributed by atoms with Crippen LogP contribution < -0.4 is 10.6 Å². The van der Waals surface area contributed by atoms with E-state index in [1.165, 1.54) is 17.4 Å². The number of amides is 2. The number of nitrogens with one attached hydrogen (secondary N) is 3. The Hall–Kier alpha value is -3.13. The summed E-state index contributed by atoms with van der Waals surface area (Å²) in [5, 5.41) is 18.7. The van der Waals surface area contributed by atoms with Crippen molar-refractivity contribution in [2.45, 2.75) is 63.1 Å². The zero-order valence-corrected chi connectivity index (χ0v) is 21.9. The summed E-state index contributed by atoms with van der Waals surface area (Å²) >= 11 is 0. The smallest absolute Gasteiger partial charge is 0.379 e. The highest BCUT2D eigenvalue weighted by Gasteiger charge is 2.41. The van der Waals surface area contributed by atoms with Gasteiger partial charge in [-0.2, -0.15) is 5.26 Å². The Kier molecular flexibility index (Phi) is 8.47. The van der Waals surface area contributed by atoms with Gasteiger partial charge in [0.1, 0.15) is 11.6 Å². The summed E-state index contributed by atoms with van der Waals surface area (Å²) in [6, 6.07) is 9.80. The van der Waals surface area contributed by atoms with Crippen molar-refractivity contribution in [3.63, 3.8) is 0 Å². The number of likely N-dealkylation sites (tertiary alicyclic amines) is 1. The van der Waals surface area contributed by atoms with Gasteiger partial charge in [-0.15, -0.1) is 5.06 Å². The standard InChI is InChI=1S/C28H38N6O4/c29-19-28(10-11-33(20-28)18-22-17-30-24-9-5-4-8-23(22)24)32-26(35)25(16-21-6-2-1-3-7-21)31-27(36)38-34-12-14-37-15-13-34/h4-5,8-9,17,21,25,30H,1-3,6-7,10-16,18,20H2,(H,31,36)(H,32,35). The maximum absolute atomic E-state index is 13.6. The molecule has 0 bridgehead atoms. The molecule has 3 heterocycles. The highest BCUT2D eigenvalue weighted by Crippen LogP contribution is 2.29. The van der Waals surface area contributed by atoms with Gasteiger partial charge >= 0.3 is 6.09 Å². The van der Waals surface area contributed by atoms with E-state index in [2.05, 4.69) is 32.7 Å². The third-order valence-electron chi connectivity index (χ3n) is 8.08. The van der Waals surface area contributed by atoms with E-state index in [9.17, 15) is 14.9 Å². The summed E-state index contributed by atoms with van der Waals surface area (Å²) in [4.78, 5) is 37.2. The Balaban J connectivity index is 1.22. The van der Waals surface area contributed by atoms with Crippen LogP contribution in [0.2, 0.25) is 0 Å². The lowest BCUT2D eigenvalue weighted by Gasteiger charge is -2.30. The van der Waals surface area contributed by atoms with Crippen LogP contribution in [-0.4, -0.2) is 77.9 Å². The van der Waals surface area contributed by atoms with Crippen LogP contribution in [0.25, 0.3) is 10.9 Å². The number of ether oxygens (including phenoxy) is 1. The number of aromatic amines is 1. The van der Waals surface area contributed by atoms with Crippen molar-refractivity contribution < 1.29 is 19.2 Å². The van der Waals surface area contributed by atoms with Gasteiger partial charge < -0.3 is 25.2 Å². The van der Waals surface area contributed by atoms with Gasteiger partial charge in [0.25, 0.3) is 0 Å². The number of hydrogen-bond donors (Lipinski definition) is 3. The normalized spacial score (nSPS) is 24.1. The maximum atomic E-state index is 13.6. The highest BCUT2D eigenvalue weighted by atomic mass is 16.7. The second-order valence-corrected chi connectivity index (χ2v) is 10.9. The number of morpholine rings is 1. The molecule has 2 amide bonds. The number of nitrogens with zero attached hydrogens (tertiary/aromatic N) is 3. The van der Waals surface area contributed by atoms with E-state index in [-0.39, 0.29) is 5.91 Å². The van der Waals surface area contributed by atoms with Crippen LogP contribution in [0.15, 0.2) is 30.5 Å². The van der Waals surface area contributed by atoms with E-state index in [1.807, 2.05) is 24.4 Å². The SMILES string of the molecule is N#CC1(NC(=O)C(CC2CCCCC2)NC(=O)ON2CCOCC2)CCN(Cc2c[nH]c3ccccc23)C1. The molecule has 3 aliphatic rings. The van der Waals surface area contributed by atoms with Gasteiger partial charge in [-0.25, -0.2) is 4.79 Å². The molecule has 2 saturated heterocycles. The highest BCUT2D eigenvalue weighted by molar-refractivity contribution is 5.86. The molecular weight excluding hydrogens is 484 g/mol. The largest absolute Gasteiger partial charge is 0.426 e. The first-order valence-electron chi connectivity index (χ1n) is 13.9. The van der Waals surface area contributed by atoms with Crippen LogP contribution in [-0.2, 0) is 20.9 Å². The lowest BCUT2D eigenvalue weighted by molar-refractivity contribution is -0.147. The fourth-order valence-corrected chi connectivity index (χ4v) is 5.98. The number of para-hydroxylation sites is 1. The molecule has 3 N–H and O–H groups in total. The lowest BCUT2D eigenvalue weighted by atomic mass is 9.84. The summed E-state index contributed by atoms with van der Waals surface area (Å²) in [7, 11) is 0. The zero-order chi connectivity index (χ0) is 26.4. The van der Waals surface area contributed by atoms with Crippen molar-refractivity contribution in [2.24, 2.45) is 5.92 Å². The van der Waals surface area contributed by atoms with Crippen LogP contribution in [0.5, 0.6) is 0 Å². The van der Waals surface area contributed by atoms with Crippen LogP contribution in [0, 0.1) is 17.2 Å². The van der Waals surface area contributed by atoms with E-state index >= 15 is 0 Å². The summed E-state index contributed by atoms with van der Waals surface area (Å²) in [5.41, 5.74) is 1.26. The molecule has 38 heavy (non-hydrogen) atoms. The van der Waals surface area contributed by atoms with Gasteiger partial charge in [-0.05, 0) is 30.4 Å². The van der Waals surface area contributed by atoms with Crippen molar-refractivity contribution >= 4 is 22.9 Å². The average Bonchev–Trinajstić information content (AvgIpc) is 3.54. The van der Waals surface area contributed by atoms with Crippen molar-refractivity contribution in [3.8, 4) is 6.07 Å². The Bertz CT molecular complexity index is 1150. The van der Waals surface area contributed by atoms with Crippen molar-refractivity contribution in [1.29, 1.82) is 5.26 Å². The third kappa shape index (κ3) is 6.46. The molecule has 2 atom stereocenters. The number of H-pyrrole nitrogens is 1. The predicted molar refractivity (Wildman–Crippen MR) is 142 cm³/mol. The average molecular weight is 523 g/mol. The monoisotopic (exact) mass is 522 g/mol. The molecule has 0 radical (unpaired) electrons. The lowest BCUT2D eigenvalue weighted by Crippen LogP contribution is -2.57. The quantitative estimate of drug-likeness (QED) is 0.487. The number of hydrogen-bond acceptors (Lipinski definition) is 7. The molecule has 10 nitrogen and oxygen atoms in total. The molecule has 1 aromatic heterocycles.